The van der Waals surface area contributed by atoms with Crippen molar-refractivity contribution in [3.05, 3.63) is 30.5 Å². The van der Waals surface area contributed by atoms with E-state index in [1.807, 2.05) is 23.0 Å². The Morgan fingerprint density at radius 2 is 1.77 bits per heavy atom. The Hall–Kier alpha value is -3.97. The number of hydrogen-bond acceptors (Lipinski definition) is 10. The molecule has 13 nitrogen and oxygen atoms in total. The maximum absolute atomic E-state index is 12.0. The van der Waals surface area contributed by atoms with E-state index in [1.165, 1.54) is 7.11 Å². The highest BCUT2D eigenvalue weighted by Gasteiger charge is 2.28. The molecule has 2 aromatic heterocycles. The zero-order valence-electron chi connectivity index (χ0n) is 22.2. The third kappa shape index (κ3) is 6.04. The second-order valence-electron chi connectivity index (χ2n) is 9.32. The van der Waals surface area contributed by atoms with Gasteiger partial charge in [-0.15, -0.1) is 0 Å². The fraction of sp³-hybridized carbons (Fsp3) is 0.500. The summed E-state index contributed by atoms with van der Waals surface area (Å²) in [5.74, 6) is 1.38. The molecule has 2 saturated heterocycles. The second-order valence-corrected chi connectivity index (χ2v) is 9.32. The number of nitrogens with zero attached hydrogens (tertiary/aromatic N) is 6. The van der Waals surface area contributed by atoms with Crippen molar-refractivity contribution in [2.75, 3.05) is 77.0 Å². The molecular formula is C26H33N7O6. The van der Waals surface area contributed by atoms with E-state index in [9.17, 15) is 9.59 Å². The minimum absolute atomic E-state index is 0.0967. The van der Waals surface area contributed by atoms with Gasteiger partial charge < -0.3 is 28.7 Å². The van der Waals surface area contributed by atoms with Crippen molar-refractivity contribution in [3.8, 4) is 11.4 Å². The van der Waals surface area contributed by atoms with Crippen molar-refractivity contribution >= 4 is 34.7 Å². The van der Waals surface area contributed by atoms with Gasteiger partial charge in [0.15, 0.2) is 11.5 Å². The Kier molecular flexibility index (Phi) is 8.37. The van der Waals surface area contributed by atoms with Crippen LogP contribution in [0.1, 0.15) is 18.9 Å². The largest absolute Gasteiger partial charge is 0.453 e. The number of likely N-dealkylation sites (tertiary alicyclic amines) is 1. The molecule has 1 N–H and O–H groups in total. The minimum Gasteiger partial charge on any atom is -0.453 e. The summed E-state index contributed by atoms with van der Waals surface area (Å²) in [5, 5.41) is 8.32. The third-order valence-corrected chi connectivity index (χ3v) is 6.90. The first-order chi connectivity index (χ1) is 19.1. The van der Waals surface area contributed by atoms with E-state index in [1.54, 1.807) is 24.1 Å². The minimum atomic E-state index is -0.547. The average molecular weight is 540 g/mol. The van der Waals surface area contributed by atoms with Crippen molar-refractivity contribution in [1.82, 2.24) is 24.6 Å². The summed E-state index contributed by atoms with van der Waals surface area (Å²) < 4.78 is 22.4. The molecule has 208 valence electrons. The SMILES string of the molecule is COCCOC(=O)Nc1ccc(-c2nc(N3CCOCC3)c3cnn(C4CCN(C(=O)OC)CC4)c3n2)cc1. The monoisotopic (exact) mass is 539 g/mol. The van der Waals surface area contributed by atoms with Gasteiger partial charge in [-0.25, -0.2) is 24.2 Å². The molecule has 13 heteroatoms. The molecule has 0 bridgehead atoms. The molecule has 2 aliphatic heterocycles. The number of carbonyl (C=O) groups excluding carboxylic acids is 2. The van der Waals surface area contributed by atoms with Crippen LogP contribution >= 0.6 is 0 Å². The number of amides is 2. The molecule has 0 spiro atoms. The molecule has 1 aromatic carbocycles. The van der Waals surface area contributed by atoms with Crippen LogP contribution in [0.4, 0.5) is 21.1 Å². The molecular weight excluding hydrogens is 506 g/mol. The maximum atomic E-state index is 12.0. The highest BCUT2D eigenvalue weighted by Crippen LogP contribution is 2.32. The number of aromatic nitrogens is 4. The topological polar surface area (TPSA) is 133 Å². The smallest absolute Gasteiger partial charge is 0.411 e. The Morgan fingerprint density at radius 1 is 1.03 bits per heavy atom. The summed E-state index contributed by atoms with van der Waals surface area (Å²) in [7, 11) is 2.95. The van der Waals surface area contributed by atoms with Gasteiger partial charge in [-0.3, -0.25) is 5.32 Å². The number of anilines is 2. The van der Waals surface area contributed by atoms with Crippen LogP contribution in [0.2, 0.25) is 0 Å². The summed E-state index contributed by atoms with van der Waals surface area (Å²) in [6.07, 6.45) is 2.48. The number of methoxy groups -OCH3 is 2. The average Bonchev–Trinajstić information content (AvgIpc) is 3.41. The number of morpholine rings is 1. The van der Waals surface area contributed by atoms with E-state index in [0.717, 1.165) is 48.3 Å². The molecule has 2 amide bonds. The van der Waals surface area contributed by atoms with Gasteiger partial charge in [0.05, 0.1) is 44.6 Å². The Labute approximate surface area is 226 Å². The van der Waals surface area contributed by atoms with Gasteiger partial charge in [0.2, 0.25) is 0 Å². The van der Waals surface area contributed by atoms with Gasteiger partial charge in [0, 0.05) is 44.5 Å². The maximum Gasteiger partial charge on any atom is 0.411 e. The van der Waals surface area contributed by atoms with Gasteiger partial charge in [-0.2, -0.15) is 5.10 Å². The predicted molar refractivity (Wildman–Crippen MR) is 143 cm³/mol. The second kappa shape index (κ2) is 12.3. The summed E-state index contributed by atoms with van der Waals surface area (Å²) >= 11 is 0. The molecule has 0 saturated carbocycles. The predicted octanol–water partition coefficient (Wildman–Crippen LogP) is 2.93. The first-order valence-corrected chi connectivity index (χ1v) is 13.0. The van der Waals surface area contributed by atoms with Crippen LogP contribution in [0, 0.1) is 0 Å². The number of ether oxygens (including phenoxy) is 4. The molecule has 5 rings (SSSR count). The molecule has 3 aromatic rings. The summed E-state index contributed by atoms with van der Waals surface area (Å²) in [6, 6.07) is 7.40. The Balaban J connectivity index is 1.42. The summed E-state index contributed by atoms with van der Waals surface area (Å²) in [5.41, 5.74) is 2.15. The van der Waals surface area contributed by atoms with Crippen LogP contribution in [0.15, 0.2) is 30.5 Å². The molecule has 0 radical (unpaired) electrons. The van der Waals surface area contributed by atoms with E-state index in [-0.39, 0.29) is 18.7 Å². The quantitative estimate of drug-likeness (QED) is 0.447. The lowest BCUT2D eigenvalue weighted by molar-refractivity contribution is 0.106. The van der Waals surface area contributed by atoms with Gasteiger partial charge in [0.25, 0.3) is 0 Å². The van der Waals surface area contributed by atoms with Crippen molar-refractivity contribution in [2.24, 2.45) is 0 Å². The van der Waals surface area contributed by atoms with E-state index in [4.69, 9.17) is 34.0 Å². The van der Waals surface area contributed by atoms with Gasteiger partial charge >= 0.3 is 12.2 Å². The van der Waals surface area contributed by atoms with Crippen LogP contribution < -0.4 is 10.2 Å². The molecule has 2 fully saturated rings. The number of rotatable bonds is 7. The van der Waals surface area contributed by atoms with Crippen LogP contribution in [0.5, 0.6) is 0 Å². The van der Waals surface area contributed by atoms with Gasteiger partial charge in [-0.1, -0.05) is 0 Å². The lowest BCUT2D eigenvalue weighted by Gasteiger charge is -2.31. The summed E-state index contributed by atoms with van der Waals surface area (Å²) in [6.45, 7) is 4.39. The Bertz CT molecular complexity index is 1280. The van der Waals surface area contributed by atoms with E-state index in [0.29, 0.717) is 44.4 Å². The molecule has 0 aliphatic carbocycles. The van der Waals surface area contributed by atoms with Crippen LogP contribution in [-0.4, -0.2) is 104 Å². The fourth-order valence-electron chi connectivity index (χ4n) is 4.82. The number of benzene rings is 1. The van der Waals surface area contributed by atoms with Crippen molar-refractivity contribution in [2.45, 2.75) is 18.9 Å². The normalized spacial score (nSPS) is 16.4. The molecule has 0 atom stereocenters. The zero-order valence-corrected chi connectivity index (χ0v) is 22.2. The van der Waals surface area contributed by atoms with Gasteiger partial charge in [0.1, 0.15) is 12.4 Å². The van der Waals surface area contributed by atoms with E-state index in [2.05, 4.69) is 10.2 Å². The van der Waals surface area contributed by atoms with E-state index < -0.39 is 6.09 Å². The lowest BCUT2D eigenvalue weighted by atomic mass is 10.1. The van der Waals surface area contributed by atoms with Crippen LogP contribution in [-0.2, 0) is 18.9 Å². The highest BCUT2D eigenvalue weighted by molar-refractivity contribution is 5.89. The van der Waals surface area contributed by atoms with Crippen LogP contribution in [0.25, 0.3) is 22.4 Å². The first-order valence-electron chi connectivity index (χ1n) is 13.0. The molecule has 4 heterocycles. The van der Waals surface area contributed by atoms with Crippen molar-refractivity contribution < 1.29 is 28.5 Å². The van der Waals surface area contributed by atoms with Crippen molar-refractivity contribution in [1.29, 1.82) is 0 Å². The van der Waals surface area contributed by atoms with Gasteiger partial charge in [-0.05, 0) is 37.1 Å². The van der Waals surface area contributed by atoms with E-state index >= 15 is 0 Å². The van der Waals surface area contributed by atoms with Crippen molar-refractivity contribution in [3.63, 3.8) is 0 Å². The molecule has 0 unspecified atom stereocenters. The standard InChI is InChI=1S/C26H33N7O6/c1-36-15-16-39-25(34)28-19-5-3-18(4-6-19)22-29-23(31-11-13-38-14-12-31)21-17-27-33(24(21)30-22)20-7-9-32(10-8-20)26(35)37-2/h3-6,17,20H,7-16H2,1-2H3,(H,28,34). The summed E-state index contributed by atoms with van der Waals surface area (Å²) in [4.78, 5) is 37.7. The number of carbonyl (C=O) groups is 2. The number of piperidine rings is 1. The molecule has 2 aliphatic rings. The molecule has 39 heavy (non-hydrogen) atoms. The lowest BCUT2D eigenvalue weighted by Crippen LogP contribution is -2.39. The van der Waals surface area contributed by atoms with Crippen LogP contribution in [0.3, 0.4) is 0 Å². The highest BCUT2D eigenvalue weighted by atomic mass is 16.6. The zero-order chi connectivity index (χ0) is 27.2. The number of fused-ring (bicyclic) bond motifs is 1. The third-order valence-electron chi connectivity index (χ3n) is 6.90. The fourth-order valence-corrected chi connectivity index (χ4v) is 4.82. The Morgan fingerprint density at radius 3 is 2.46 bits per heavy atom. The number of nitrogens with one attached hydrogen (secondary N) is 1. The first kappa shape index (κ1) is 26.6. The number of hydrogen-bond donors (Lipinski definition) is 1.